The van der Waals surface area contributed by atoms with Crippen LogP contribution in [0.3, 0.4) is 0 Å². The highest BCUT2D eigenvalue weighted by atomic mass is 79.9. The first-order valence-electron chi connectivity index (χ1n) is 8.66. The number of nitrogens with zero attached hydrogens (tertiary/aromatic N) is 1. The molecule has 0 aromatic heterocycles. The van der Waals surface area contributed by atoms with Crippen LogP contribution in [0, 0.1) is 21.7 Å². The summed E-state index contributed by atoms with van der Waals surface area (Å²) in [5, 5.41) is 11.0. The molecule has 0 amide bonds. The van der Waals surface area contributed by atoms with Crippen LogP contribution >= 0.6 is 27.7 Å². The Kier molecular flexibility index (Phi) is 7.12. The Bertz CT molecular complexity index is 1120. The Balaban J connectivity index is 1.95. The molecule has 0 aliphatic carbocycles. The van der Waals surface area contributed by atoms with Gasteiger partial charge in [0, 0.05) is 21.9 Å². The SMILES string of the molecule is O=C(/C(=C\c1ccc(F)c([N+](=O)[O-])c1)SCc1ccc(Br)cc1)c1ccc(F)cc1. The maximum Gasteiger partial charge on any atom is 0.305 e. The van der Waals surface area contributed by atoms with Crippen molar-refractivity contribution in [3.05, 3.63) is 115 Å². The molecule has 8 heteroatoms. The Hall–Kier alpha value is -2.84. The van der Waals surface area contributed by atoms with Crippen molar-refractivity contribution in [2.75, 3.05) is 0 Å². The number of allylic oxidation sites excluding steroid dienone is 1. The second-order valence-corrected chi connectivity index (χ2v) is 8.16. The molecule has 0 aliphatic heterocycles. The zero-order valence-corrected chi connectivity index (χ0v) is 17.8. The monoisotopic (exact) mass is 489 g/mol. The number of carbonyl (C=O) groups excluding carboxylic acids is 1. The van der Waals surface area contributed by atoms with Gasteiger partial charge in [-0.25, -0.2) is 4.39 Å². The van der Waals surface area contributed by atoms with Gasteiger partial charge in [-0.1, -0.05) is 34.1 Å². The average molecular weight is 490 g/mol. The number of nitro benzene ring substituents is 1. The minimum atomic E-state index is -0.953. The van der Waals surface area contributed by atoms with Crippen LogP contribution in [0.15, 0.2) is 76.1 Å². The summed E-state index contributed by atoms with van der Waals surface area (Å²) >= 11 is 4.60. The predicted molar refractivity (Wildman–Crippen MR) is 117 cm³/mol. The van der Waals surface area contributed by atoms with Crippen molar-refractivity contribution in [2.45, 2.75) is 5.75 Å². The normalized spacial score (nSPS) is 11.4. The van der Waals surface area contributed by atoms with Crippen molar-refractivity contribution in [1.29, 1.82) is 0 Å². The van der Waals surface area contributed by atoms with E-state index in [0.29, 0.717) is 16.2 Å². The lowest BCUT2D eigenvalue weighted by Gasteiger charge is -2.08. The van der Waals surface area contributed by atoms with E-state index in [-0.39, 0.29) is 11.3 Å². The van der Waals surface area contributed by atoms with Gasteiger partial charge in [-0.05, 0) is 59.7 Å². The largest absolute Gasteiger partial charge is 0.305 e. The number of benzene rings is 3. The van der Waals surface area contributed by atoms with Crippen LogP contribution in [0.5, 0.6) is 0 Å². The lowest BCUT2D eigenvalue weighted by molar-refractivity contribution is -0.387. The molecule has 0 spiro atoms. The molecule has 152 valence electrons. The van der Waals surface area contributed by atoms with Gasteiger partial charge in [0.25, 0.3) is 0 Å². The number of halogens is 3. The second kappa shape index (κ2) is 9.77. The summed E-state index contributed by atoms with van der Waals surface area (Å²) in [5.74, 6) is -1.31. The van der Waals surface area contributed by atoms with Gasteiger partial charge >= 0.3 is 5.69 Å². The number of carbonyl (C=O) groups is 1. The zero-order valence-electron chi connectivity index (χ0n) is 15.3. The van der Waals surface area contributed by atoms with Gasteiger partial charge in [0.15, 0.2) is 5.78 Å². The van der Waals surface area contributed by atoms with Crippen molar-refractivity contribution in [3.8, 4) is 0 Å². The van der Waals surface area contributed by atoms with Crippen molar-refractivity contribution in [3.63, 3.8) is 0 Å². The fraction of sp³-hybridized carbons (Fsp3) is 0.0455. The molecule has 0 radical (unpaired) electrons. The molecule has 0 aliphatic rings. The standard InChI is InChI=1S/C22H14BrF2NO3S/c23-17-6-1-14(2-7-17)13-30-21(22(27)16-4-8-18(24)9-5-16)12-15-3-10-19(25)20(11-15)26(28)29/h1-12H,13H2/b21-12+. The van der Waals surface area contributed by atoms with Gasteiger partial charge < -0.3 is 0 Å². The minimum absolute atomic E-state index is 0.280. The molecule has 30 heavy (non-hydrogen) atoms. The van der Waals surface area contributed by atoms with Crippen molar-refractivity contribution < 1.29 is 18.5 Å². The average Bonchev–Trinajstić information content (AvgIpc) is 2.73. The molecule has 0 N–H and O–H groups in total. The molecule has 0 saturated heterocycles. The Morgan fingerprint density at radius 2 is 1.70 bits per heavy atom. The molecule has 3 rings (SSSR count). The minimum Gasteiger partial charge on any atom is -0.288 e. The third-order valence-electron chi connectivity index (χ3n) is 4.10. The van der Waals surface area contributed by atoms with Crippen molar-refractivity contribution >= 4 is 45.2 Å². The van der Waals surface area contributed by atoms with E-state index in [0.717, 1.165) is 22.2 Å². The first-order valence-corrected chi connectivity index (χ1v) is 10.4. The number of nitro groups is 1. The lowest BCUT2D eigenvalue weighted by Crippen LogP contribution is -2.02. The van der Waals surface area contributed by atoms with Crippen LogP contribution < -0.4 is 0 Å². The summed E-state index contributed by atoms with van der Waals surface area (Å²) in [6.45, 7) is 0. The molecule has 0 unspecified atom stereocenters. The molecule has 0 saturated carbocycles. The molecule has 0 heterocycles. The van der Waals surface area contributed by atoms with E-state index in [4.69, 9.17) is 0 Å². The van der Waals surface area contributed by atoms with Crippen LogP contribution in [-0.4, -0.2) is 10.7 Å². The Morgan fingerprint density at radius 1 is 1.03 bits per heavy atom. The molecule has 4 nitrogen and oxygen atoms in total. The van der Waals surface area contributed by atoms with Crippen LogP contribution in [0.2, 0.25) is 0 Å². The van der Waals surface area contributed by atoms with Gasteiger partial charge in [0.2, 0.25) is 5.82 Å². The topological polar surface area (TPSA) is 60.2 Å². The molecular weight excluding hydrogens is 476 g/mol. The highest BCUT2D eigenvalue weighted by molar-refractivity contribution is 9.10. The van der Waals surface area contributed by atoms with Gasteiger partial charge in [-0.2, -0.15) is 4.39 Å². The number of rotatable bonds is 7. The quantitative estimate of drug-likeness (QED) is 0.158. The van der Waals surface area contributed by atoms with Gasteiger partial charge in [0.1, 0.15) is 5.82 Å². The zero-order chi connectivity index (χ0) is 21.7. The van der Waals surface area contributed by atoms with E-state index in [1.165, 1.54) is 48.2 Å². The van der Waals surface area contributed by atoms with E-state index in [2.05, 4.69) is 15.9 Å². The number of hydrogen-bond acceptors (Lipinski definition) is 4. The molecule has 3 aromatic carbocycles. The third kappa shape index (κ3) is 5.61. The highest BCUT2D eigenvalue weighted by Gasteiger charge is 2.17. The number of Topliss-reactive ketones (excluding diaryl/α,β-unsaturated/α-hetero) is 1. The van der Waals surface area contributed by atoms with Crippen LogP contribution in [0.1, 0.15) is 21.5 Å². The smallest absolute Gasteiger partial charge is 0.288 e. The summed E-state index contributed by atoms with van der Waals surface area (Å²) in [6.07, 6.45) is 1.47. The van der Waals surface area contributed by atoms with Gasteiger partial charge in [0.05, 0.1) is 9.83 Å². The summed E-state index contributed by atoms with van der Waals surface area (Å²) in [7, 11) is 0. The van der Waals surface area contributed by atoms with E-state index in [1.807, 2.05) is 24.3 Å². The summed E-state index contributed by atoms with van der Waals surface area (Å²) < 4.78 is 27.8. The van der Waals surface area contributed by atoms with E-state index < -0.39 is 22.2 Å². The van der Waals surface area contributed by atoms with Crippen LogP contribution in [-0.2, 0) is 5.75 Å². The summed E-state index contributed by atoms with van der Waals surface area (Å²) in [5.41, 5.74) is 0.890. The Labute approximate surface area is 183 Å². The molecule has 0 bridgehead atoms. The van der Waals surface area contributed by atoms with Crippen molar-refractivity contribution in [1.82, 2.24) is 0 Å². The molecule has 3 aromatic rings. The second-order valence-electron chi connectivity index (χ2n) is 6.23. The molecular formula is C22H14BrF2NO3S. The maximum absolute atomic E-state index is 13.6. The maximum atomic E-state index is 13.6. The highest BCUT2D eigenvalue weighted by Crippen LogP contribution is 2.29. The summed E-state index contributed by atoms with van der Waals surface area (Å²) in [4.78, 5) is 23.5. The van der Waals surface area contributed by atoms with Gasteiger partial charge in [-0.15, -0.1) is 11.8 Å². The van der Waals surface area contributed by atoms with Crippen LogP contribution in [0.25, 0.3) is 6.08 Å². The van der Waals surface area contributed by atoms with E-state index in [1.54, 1.807) is 0 Å². The predicted octanol–water partition coefficient (Wildman–Crippen LogP) is 6.79. The fourth-order valence-corrected chi connectivity index (χ4v) is 3.82. The summed E-state index contributed by atoms with van der Waals surface area (Å²) in [6, 6.07) is 16.1. The Morgan fingerprint density at radius 3 is 2.33 bits per heavy atom. The van der Waals surface area contributed by atoms with Crippen LogP contribution in [0.4, 0.5) is 14.5 Å². The van der Waals surface area contributed by atoms with Gasteiger partial charge in [-0.3, -0.25) is 14.9 Å². The van der Waals surface area contributed by atoms with E-state index in [9.17, 15) is 23.7 Å². The van der Waals surface area contributed by atoms with E-state index >= 15 is 0 Å². The lowest BCUT2D eigenvalue weighted by atomic mass is 10.1. The number of hydrogen-bond donors (Lipinski definition) is 0. The number of thioether (sulfide) groups is 1. The fourth-order valence-electron chi connectivity index (χ4n) is 2.57. The first-order chi connectivity index (χ1) is 14.3. The van der Waals surface area contributed by atoms with Crippen molar-refractivity contribution in [2.24, 2.45) is 0 Å². The third-order valence-corrected chi connectivity index (χ3v) is 5.72. The first kappa shape index (κ1) is 21.9. The molecule has 0 atom stereocenters. The number of ketones is 1. The molecule has 0 fully saturated rings.